The molecule has 1 N–H and O–H groups in total. The zero-order valence-corrected chi connectivity index (χ0v) is 24.0. The quantitative estimate of drug-likeness (QED) is 0.327. The summed E-state index contributed by atoms with van der Waals surface area (Å²) in [4.78, 5) is 28.2. The van der Waals surface area contributed by atoms with Crippen molar-refractivity contribution < 1.29 is 22.7 Å². The summed E-state index contributed by atoms with van der Waals surface area (Å²) in [6, 6.07) is 21.0. The van der Waals surface area contributed by atoms with Crippen LogP contribution in [0.4, 0.5) is 5.69 Å². The number of hydrogen-bond acceptors (Lipinski definition) is 5. The fourth-order valence-corrected chi connectivity index (χ4v) is 5.47. The third kappa shape index (κ3) is 7.35. The smallest absolute Gasteiger partial charge is 0.264 e. The van der Waals surface area contributed by atoms with E-state index < -0.39 is 28.5 Å². The van der Waals surface area contributed by atoms with Gasteiger partial charge in [-0.2, -0.15) is 0 Å². The highest BCUT2D eigenvalue weighted by Gasteiger charge is 2.32. The van der Waals surface area contributed by atoms with Gasteiger partial charge >= 0.3 is 0 Å². The molecule has 3 aromatic carbocycles. The minimum atomic E-state index is -4.12. The number of nitrogens with one attached hydrogen (secondary N) is 1. The first-order valence-corrected chi connectivity index (χ1v) is 14.4. The van der Waals surface area contributed by atoms with E-state index in [0.717, 1.165) is 20.8 Å². The highest BCUT2D eigenvalue weighted by atomic mass is 79.9. The second-order valence-corrected chi connectivity index (χ2v) is 11.4. The van der Waals surface area contributed by atoms with Crippen LogP contribution in [0.25, 0.3) is 0 Å². The molecule has 3 aromatic rings. The molecule has 38 heavy (non-hydrogen) atoms. The molecule has 1 unspecified atom stereocenters. The Morgan fingerprint density at radius 3 is 2.32 bits per heavy atom. The van der Waals surface area contributed by atoms with E-state index in [0.29, 0.717) is 12.3 Å². The van der Waals surface area contributed by atoms with Crippen molar-refractivity contribution in [3.05, 3.63) is 88.9 Å². The Morgan fingerprint density at radius 1 is 1.00 bits per heavy atom. The van der Waals surface area contributed by atoms with Crippen molar-refractivity contribution in [2.24, 2.45) is 0 Å². The predicted molar refractivity (Wildman–Crippen MR) is 151 cm³/mol. The monoisotopic (exact) mass is 601 g/mol. The number of ether oxygens (including phenoxy) is 1. The maximum atomic E-state index is 13.8. The van der Waals surface area contributed by atoms with Gasteiger partial charge < -0.3 is 15.0 Å². The Morgan fingerprint density at radius 2 is 1.68 bits per heavy atom. The summed E-state index contributed by atoms with van der Waals surface area (Å²) in [7, 11) is -2.64. The number of halogens is 1. The molecule has 8 nitrogen and oxygen atoms in total. The number of methoxy groups -OCH3 is 1. The van der Waals surface area contributed by atoms with Crippen LogP contribution in [0.15, 0.2) is 88.2 Å². The minimum Gasteiger partial charge on any atom is -0.497 e. The van der Waals surface area contributed by atoms with Crippen molar-refractivity contribution in [1.82, 2.24) is 10.2 Å². The van der Waals surface area contributed by atoms with E-state index in [2.05, 4.69) is 21.2 Å². The molecule has 0 aromatic heterocycles. The molecule has 0 aliphatic carbocycles. The first-order valence-electron chi connectivity index (χ1n) is 12.2. The van der Waals surface area contributed by atoms with Crippen molar-refractivity contribution in [1.29, 1.82) is 0 Å². The average molecular weight is 603 g/mol. The maximum Gasteiger partial charge on any atom is 0.264 e. The number of hydrogen-bond donors (Lipinski definition) is 1. The lowest BCUT2D eigenvalue weighted by atomic mass is 10.1. The highest BCUT2D eigenvalue weighted by molar-refractivity contribution is 9.10. The Kier molecular flexibility index (Phi) is 10.3. The summed E-state index contributed by atoms with van der Waals surface area (Å²) in [6.45, 7) is 3.68. The third-order valence-corrected chi connectivity index (χ3v) is 8.25. The van der Waals surface area contributed by atoms with Crippen LogP contribution in [0.2, 0.25) is 0 Å². The van der Waals surface area contributed by atoms with Crippen molar-refractivity contribution in [3.8, 4) is 5.75 Å². The lowest BCUT2D eigenvalue weighted by molar-refractivity contribution is -0.139. The SMILES string of the molecule is CCCNC(=O)C(C)N(Cc1ccc(Br)cc1)C(=O)CN(c1cccc(OC)c1)S(=O)(=O)c1ccccc1. The average Bonchev–Trinajstić information content (AvgIpc) is 2.94. The Labute approximate surface area is 232 Å². The van der Waals surface area contributed by atoms with E-state index in [1.807, 2.05) is 31.2 Å². The Balaban J connectivity index is 2.02. The van der Waals surface area contributed by atoms with Gasteiger partial charge in [0, 0.05) is 23.6 Å². The summed E-state index contributed by atoms with van der Waals surface area (Å²) in [5.41, 5.74) is 1.07. The van der Waals surface area contributed by atoms with Crippen LogP contribution < -0.4 is 14.4 Å². The van der Waals surface area contributed by atoms with Gasteiger partial charge in [0.15, 0.2) is 0 Å². The first kappa shape index (κ1) is 29.2. The largest absolute Gasteiger partial charge is 0.497 e. The van der Waals surface area contributed by atoms with Gasteiger partial charge in [-0.15, -0.1) is 0 Å². The lowest BCUT2D eigenvalue weighted by Crippen LogP contribution is -2.51. The van der Waals surface area contributed by atoms with E-state index in [4.69, 9.17) is 4.74 Å². The molecular formula is C28H32BrN3O5S. The van der Waals surface area contributed by atoms with Gasteiger partial charge in [-0.3, -0.25) is 13.9 Å². The van der Waals surface area contributed by atoms with Gasteiger partial charge in [0.2, 0.25) is 11.8 Å². The summed E-state index contributed by atoms with van der Waals surface area (Å²) in [5, 5.41) is 2.83. The molecule has 202 valence electrons. The molecule has 0 spiro atoms. The molecular weight excluding hydrogens is 570 g/mol. The van der Waals surface area contributed by atoms with Gasteiger partial charge in [-0.05, 0) is 55.3 Å². The number of rotatable bonds is 12. The fourth-order valence-electron chi connectivity index (χ4n) is 3.78. The number of anilines is 1. The van der Waals surface area contributed by atoms with Crippen LogP contribution in [0.5, 0.6) is 5.75 Å². The van der Waals surface area contributed by atoms with Crippen molar-refractivity contribution in [2.75, 3.05) is 24.5 Å². The normalized spacial score (nSPS) is 11.9. The number of amides is 2. The number of nitrogens with zero attached hydrogens (tertiary/aromatic N) is 2. The standard InChI is InChI=1S/C28H32BrN3O5S/c1-4-17-30-28(34)21(2)31(19-22-13-15-23(29)16-14-22)27(33)20-32(24-9-8-10-25(18-24)37-3)38(35,36)26-11-6-5-7-12-26/h5-16,18,21H,4,17,19-20H2,1-3H3,(H,30,34). The number of carbonyl (C=O) groups is 2. The molecule has 0 saturated heterocycles. The van der Waals surface area contributed by atoms with Crippen LogP contribution in [-0.2, 0) is 26.2 Å². The summed E-state index contributed by atoms with van der Waals surface area (Å²) in [6.07, 6.45) is 0.748. The molecule has 2 amide bonds. The van der Waals surface area contributed by atoms with Crippen LogP contribution >= 0.6 is 15.9 Å². The first-order chi connectivity index (χ1) is 18.2. The van der Waals surface area contributed by atoms with Crippen molar-refractivity contribution >= 4 is 43.5 Å². The Bertz CT molecular complexity index is 1330. The molecule has 0 radical (unpaired) electrons. The van der Waals surface area contributed by atoms with Gasteiger partial charge in [0.05, 0.1) is 17.7 Å². The molecule has 0 fully saturated rings. The minimum absolute atomic E-state index is 0.0452. The molecule has 0 aliphatic rings. The van der Waals surface area contributed by atoms with Crippen LogP contribution in [-0.4, -0.2) is 51.4 Å². The van der Waals surface area contributed by atoms with Crippen LogP contribution in [0, 0.1) is 0 Å². The van der Waals surface area contributed by atoms with Crippen molar-refractivity contribution in [3.63, 3.8) is 0 Å². The fraction of sp³-hybridized carbons (Fsp3) is 0.286. The van der Waals surface area contributed by atoms with E-state index in [9.17, 15) is 18.0 Å². The van der Waals surface area contributed by atoms with E-state index in [-0.39, 0.29) is 23.0 Å². The van der Waals surface area contributed by atoms with Crippen molar-refractivity contribution in [2.45, 2.75) is 37.8 Å². The van der Waals surface area contributed by atoms with Gasteiger partial charge in [-0.1, -0.05) is 59.3 Å². The molecule has 0 aliphatic heterocycles. The number of sulfonamides is 1. The van der Waals surface area contributed by atoms with Gasteiger partial charge in [0.1, 0.15) is 18.3 Å². The topological polar surface area (TPSA) is 96.0 Å². The zero-order chi connectivity index (χ0) is 27.7. The summed E-state index contributed by atoms with van der Waals surface area (Å²) < 4.78 is 34.8. The second-order valence-electron chi connectivity index (χ2n) is 8.64. The van der Waals surface area contributed by atoms with Gasteiger partial charge in [0.25, 0.3) is 10.0 Å². The van der Waals surface area contributed by atoms with Gasteiger partial charge in [-0.25, -0.2) is 8.42 Å². The summed E-state index contributed by atoms with van der Waals surface area (Å²) in [5.74, 6) is -0.382. The molecule has 0 saturated carbocycles. The third-order valence-electron chi connectivity index (χ3n) is 5.93. The van der Waals surface area contributed by atoms with Crippen LogP contribution in [0.1, 0.15) is 25.8 Å². The van der Waals surface area contributed by atoms with E-state index in [1.165, 1.54) is 24.1 Å². The maximum absolute atomic E-state index is 13.8. The van der Waals surface area contributed by atoms with E-state index in [1.54, 1.807) is 49.4 Å². The predicted octanol–water partition coefficient (Wildman–Crippen LogP) is 4.60. The molecule has 0 heterocycles. The Hall–Kier alpha value is -3.37. The molecule has 0 bridgehead atoms. The molecule has 1 atom stereocenters. The lowest BCUT2D eigenvalue weighted by Gasteiger charge is -2.32. The number of carbonyl (C=O) groups excluding carboxylic acids is 2. The molecule has 3 rings (SSSR count). The molecule has 10 heteroatoms. The van der Waals surface area contributed by atoms with E-state index >= 15 is 0 Å². The highest BCUT2D eigenvalue weighted by Crippen LogP contribution is 2.27. The zero-order valence-electron chi connectivity index (χ0n) is 21.6. The second kappa shape index (κ2) is 13.4. The summed E-state index contributed by atoms with van der Waals surface area (Å²) >= 11 is 3.41. The van der Waals surface area contributed by atoms with Crippen LogP contribution in [0.3, 0.4) is 0 Å². The number of benzene rings is 3.